The van der Waals surface area contributed by atoms with E-state index in [1.165, 1.54) is 32.4 Å². The number of hydrogen-bond acceptors (Lipinski definition) is 3. The molecule has 0 aromatic heterocycles. The lowest BCUT2D eigenvalue weighted by Crippen LogP contribution is -2.39. The van der Waals surface area contributed by atoms with Crippen molar-refractivity contribution in [1.82, 2.24) is 10.2 Å². The molecule has 0 bridgehead atoms. The van der Waals surface area contributed by atoms with E-state index in [0.29, 0.717) is 6.04 Å². The van der Waals surface area contributed by atoms with Crippen LogP contribution in [0.25, 0.3) is 0 Å². The Bertz CT molecular complexity index is 165. The molecular formula is C15H34N2O. The van der Waals surface area contributed by atoms with E-state index in [1.807, 2.05) is 6.92 Å². The zero-order valence-electron chi connectivity index (χ0n) is 13.0. The summed E-state index contributed by atoms with van der Waals surface area (Å²) in [6.45, 7) is 15.2. The lowest BCUT2D eigenvalue weighted by Gasteiger charge is -2.28. The summed E-state index contributed by atoms with van der Waals surface area (Å²) in [5, 5.41) is 3.51. The van der Waals surface area contributed by atoms with E-state index in [9.17, 15) is 0 Å². The fraction of sp³-hybridized carbons (Fsp3) is 1.00. The Labute approximate surface area is 114 Å². The summed E-state index contributed by atoms with van der Waals surface area (Å²) in [7, 11) is 0. The average Bonchev–Trinajstić information content (AvgIpc) is 2.40. The van der Waals surface area contributed by atoms with Gasteiger partial charge in [0.15, 0.2) is 0 Å². The van der Waals surface area contributed by atoms with Gasteiger partial charge < -0.3 is 10.1 Å². The van der Waals surface area contributed by atoms with Crippen LogP contribution >= 0.6 is 0 Å². The third-order valence-corrected chi connectivity index (χ3v) is 3.44. The Kier molecular flexibility index (Phi) is 13.2. The van der Waals surface area contributed by atoms with Crippen molar-refractivity contribution in [2.24, 2.45) is 0 Å². The highest BCUT2D eigenvalue weighted by molar-refractivity contribution is 4.67. The highest BCUT2D eigenvalue weighted by Gasteiger charge is 2.10. The SMILES string of the molecule is CCCCN(CCNCCCOCC)C(C)CC. The van der Waals surface area contributed by atoms with E-state index in [4.69, 9.17) is 4.74 Å². The minimum absolute atomic E-state index is 0.710. The molecule has 0 saturated carbocycles. The van der Waals surface area contributed by atoms with Gasteiger partial charge in [-0.2, -0.15) is 0 Å². The van der Waals surface area contributed by atoms with Gasteiger partial charge in [0, 0.05) is 32.3 Å². The summed E-state index contributed by atoms with van der Waals surface area (Å²) in [4.78, 5) is 2.61. The molecule has 110 valence electrons. The van der Waals surface area contributed by atoms with Gasteiger partial charge in [-0.25, -0.2) is 0 Å². The van der Waals surface area contributed by atoms with Crippen molar-refractivity contribution in [3.63, 3.8) is 0 Å². The van der Waals surface area contributed by atoms with Crippen LogP contribution in [0.15, 0.2) is 0 Å². The van der Waals surface area contributed by atoms with Crippen molar-refractivity contribution in [1.29, 1.82) is 0 Å². The van der Waals surface area contributed by atoms with Crippen molar-refractivity contribution in [2.45, 2.75) is 59.4 Å². The second-order valence-corrected chi connectivity index (χ2v) is 4.95. The molecule has 0 fully saturated rings. The van der Waals surface area contributed by atoms with E-state index >= 15 is 0 Å². The molecule has 0 radical (unpaired) electrons. The lowest BCUT2D eigenvalue weighted by molar-refractivity contribution is 0.144. The Hall–Kier alpha value is -0.120. The van der Waals surface area contributed by atoms with Crippen LogP contribution in [-0.4, -0.2) is 50.3 Å². The normalized spacial score (nSPS) is 13.2. The first kappa shape index (κ1) is 17.9. The van der Waals surface area contributed by atoms with Crippen LogP contribution in [0.2, 0.25) is 0 Å². The molecule has 3 nitrogen and oxygen atoms in total. The largest absolute Gasteiger partial charge is 0.382 e. The third-order valence-electron chi connectivity index (χ3n) is 3.44. The van der Waals surface area contributed by atoms with Gasteiger partial charge in [0.2, 0.25) is 0 Å². The molecule has 0 aliphatic heterocycles. The van der Waals surface area contributed by atoms with Crippen molar-refractivity contribution < 1.29 is 4.74 Å². The summed E-state index contributed by atoms with van der Waals surface area (Å²) in [5.74, 6) is 0. The second kappa shape index (κ2) is 13.3. The van der Waals surface area contributed by atoms with Gasteiger partial charge in [0.1, 0.15) is 0 Å². The van der Waals surface area contributed by atoms with Gasteiger partial charge in [0.05, 0.1) is 0 Å². The van der Waals surface area contributed by atoms with Gasteiger partial charge >= 0.3 is 0 Å². The van der Waals surface area contributed by atoms with Crippen molar-refractivity contribution in [3.05, 3.63) is 0 Å². The molecule has 0 spiro atoms. The number of ether oxygens (including phenoxy) is 1. The minimum atomic E-state index is 0.710. The third kappa shape index (κ3) is 9.86. The Morgan fingerprint density at radius 3 is 2.44 bits per heavy atom. The van der Waals surface area contributed by atoms with Crippen LogP contribution in [0.4, 0.5) is 0 Å². The number of nitrogens with one attached hydrogen (secondary N) is 1. The molecule has 0 amide bonds. The molecule has 3 heteroatoms. The number of nitrogens with zero attached hydrogens (tertiary/aromatic N) is 1. The molecule has 18 heavy (non-hydrogen) atoms. The highest BCUT2D eigenvalue weighted by atomic mass is 16.5. The predicted molar refractivity (Wildman–Crippen MR) is 80.2 cm³/mol. The Morgan fingerprint density at radius 1 is 1.06 bits per heavy atom. The minimum Gasteiger partial charge on any atom is -0.382 e. The van der Waals surface area contributed by atoms with Crippen molar-refractivity contribution in [2.75, 3.05) is 39.4 Å². The van der Waals surface area contributed by atoms with Gasteiger partial charge in [-0.15, -0.1) is 0 Å². The van der Waals surface area contributed by atoms with Gasteiger partial charge in [-0.1, -0.05) is 20.3 Å². The summed E-state index contributed by atoms with van der Waals surface area (Å²) in [6.07, 6.45) is 4.96. The van der Waals surface area contributed by atoms with Crippen molar-refractivity contribution >= 4 is 0 Å². The maximum atomic E-state index is 5.32. The molecule has 1 unspecified atom stereocenters. The standard InChI is InChI=1S/C15H34N2O/c1-5-8-12-17(15(4)6-2)13-11-16-10-9-14-18-7-3/h15-16H,5-14H2,1-4H3. The monoisotopic (exact) mass is 258 g/mol. The average molecular weight is 258 g/mol. The molecule has 0 heterocycles. The predicted octanol–water partition coefficient (Wildman–Crippen LogP) is 2.90. The lowest BCUT2D eigenvalue weighted by atomic mass is 10.2. The van der Waals surface area contributed by atoms with E-state index in [2.05, 4.69) is 31.0 Å². The molecule has 1 atom stereocenters. The number of rotatable bonds is 13. The summed E-state index contributed by atoms with van der Waals surface area (Å²) in [6, 6.07) is 0.710. The van der Waals surface area contributed by atoms with E-state index in [-0.39, 0.29) is 0 Å². The van der Waals surface area contributed by atoms with Crippen LogP contribution in [0.1, 0.15) is 53.4 Å². The van der Waals surface area contributed by atoms with Crippen LogP contribution in [0.5, 0.6) is 0 Å². The molecule has 0 aliphatic carbocycles. The molecule has 0 saturated heterocycles. The molecule has 0 aliphatic rings. The topological polar surface area (TPSA) is 24.5 Å². The zero-order valence-corrected chi connectivity index (χ0v) is 13.0. The quantitative estimate of drug-likeness (QED) is 0.514. The van der Waals surface area contributed by atoms with Gasteiger partial charge in [-0.05, 0) is 46.2 Å². The fourth-order valence-electron chi connectivity index (χ4n) is 1.96. The molecule has 0 rings (SSSR count). The molecule has 1 N–H and O–H groups in total. The summed E-state index contributed by atoms with van der Waals surface area (Å²) >= 11 is 0. The fourth-order valence-corrected chi connectivity index (χ4v) is 1.96. The number of hydrogen-bond donors (Lipinski definition) is 1. The van der Waals surface area contributed by atoms with Gasteiger partial charge in [0.25, 0.3) is 0 Å². The molecule has 0 aromatic rings. The highest BCUT2D eigenvalue weighted by Crippen LogP contribution is 2.04. The maximum absolute atomic E-state index is 5.32. The van der Waals surface area contributed by atoms with Crippen LogP contribution in [-0.2, 0) is 4.74 Å². The first-order valence-electron chi connectivity index (χ1n) is 7.78. The summed E-state index contributed by atoms with van der Waals surface area (Å²) in [5.41, 5.74) is 0. The number of unbranched alkanes of at least 4 members (excludes halogenated alkanes) is 1. The van der Waals surface area contributed by atoms with Crippen LogP contribution < -0.4 is 5.32 Å². The zero-order chi connectivity index (χ0) is 13.6. The van der Waals surface area contributed by atoms with Crippen LogP contribution in [0.3, 0.4) is 0 Å². The maximum Gasteiger partial charge on any atom is 0.0477 e. The smallest absolute Gasteiger partial charge is 0.0477 e. The van der Waals surface area contributed by atoms with Gasteiger partial charge in [-0.3, -0.25) is 4.90 Å². The Morgan fingerprint density at radius 2 is 1.83 bits per heavy atom. The van der Waals surface area contributed by atoms with Crippen LogP contribution in [0, 0.1) is 0 Å². The van der Waals surface area contributed by atoms with Crippen molar-refractivity contribution in [3.8, 4) is 0 Å². The summed E-state index contributed by atoms with van der Waals surface area (Å²) < 4.78 is 5.32. The Balaban J connectivity index is 3.56. The van der Waals surface area contributed by atoms with E-state index in [1.54, 1.807) is 0 Å². The second-order valence-electron chi connectivity index (χ2n) is 4.95. The first-order chi connectivity index (χ1) is 8.76. The molecular weight excluding hydrogens is 224 g/mol. The van der Waals surface area contributed by atoms with E-state index in [0.717, 1.165) is 32.7 Å². The first-order valence-corrected chi connectivity index (χ1v) is 7.78. The van der Waals surface area contributed by atoms with E-state index < -0.39 is 0 Å². The molecule has 0 aromatic carbocycles.